The van der Waals surface area contributed by atoms with Crippen LogP contribution in [0, 0.1) is 5.92 Å². The smallest absolute Gasteiger partial charge is 0.217 e. The second-order valence-electron chi connectivity index (χ2n) is 7.55. The lowest BCUT2D eigenvalue weighted by Crippen LogP contribution is -2.40. The van der Waals surface area contributed by atoms with Gasteiger partial charge in [-0.2, -0.15) is 0 Å². The molecule has 1 aliphatic carbocycles. The monoisotopic (exact) mass is 345 g/mol. The van der Waals surface area contributed by atoms with Gasteiger partial charge in [0.2, 0.25) is 5.91 Å². The quantitative estimate of drug-likeness (QED) is 0.861. The van der Waals surface area contributed by atoms with Gasteiger partial charge in [0.25, 0.3) is 0 Å². The molecule has 5 heteroatoms. The number of likely N-dealkylation sites (tertiary alicyclic amines) is 1. The summed E-state index contributed by atoms with van der Waals surface area (Å²) in [7, 11) is 0. The van der Waals surface area contributed by atoms with Crippen LogP contribution in [0.25, 0.3) is 0 Å². The molecule has 5 nitrogen and oxygen atoms in total. The lowest BCUT2D eigenvalue weighted by atomic mass is 9.84. The molecule has 0 radical (unpaired) electrons. The van der Waals surface area contributed by atoms with E-state index in [4.69, 9.17) is 4.74 Å². The molecule has 0 unspecified atom stereocenters. The Morgan fingerprint density at radius 3 is 2.64 bits per heavy atom. The first-order chi connectivity index (χ1) is 12.2. The number of carbonyl (C=O) groups is 1. The maximum atomic E-state index is 11.1. The molecule has 2 aliphatic rings. The van der Waals surface area contributed by atoms with E-state index in [1.165, 1.54) is 25.8 Å². The fourth-order valence-electron chi connectivity index (χ4n) is 4.11. The van der Waals surface area contributed by atoms with Gasteiger partial charge in [-0.3, -0.25) is 9.78 Å². The summed E-state index contributed by atoms with van der Waals surface area (Å²) >= 11 is 0. The van der Waals surface area contributed by atoms with Crippen LogP contribution < -0.4 is 10.1 Å². The lowest BCUT2D eigenvalue weighted by Gasteiger charge is -2.34. The van der Waals surface area contributed by atoms with Crippen molar-refractivity contribution in [1.82, 2.24) is 15.2 Å². The minimum absolute atomic E-state index is 0.111. The molecular weight excluding hydrogens is 314 g/mol. The first-order valence-corrected chi connectivity index (χ1v) is 9.75. The van der Waals surface area contributed by atoms with Crippen LogP contribution in [-0.2, 0) is 4.79 Å². The van der Waals surface area contributed by atoms with Crippen LogP contribution in [-0.4, -0.2) is 47.6 Å². The maximum absolute atomic E-state index is 11.1. The third-order valence-corrected chi connectivity index (χ3v) is 5.58. The molecule has 1 saturated heterocycles. The van der Waals surface area contributed by atoms with E-state index in [1.807, 2.05) is 12.1 Å². The third kappa shape index (κ3) is 5.99. The van der Waals surface area contributed by atoms with Crippen LogP contribution in [0.2, 0.25) is 0 Å². The SMILES string of the molecule is CC(=O)NC1CCC(CCN2CCC(Oc3cccnc3)CC2)CC1. The van der Waals surface area contributed by atoms with Crippen molar-refractivity contribution < 1.29 is 9.53 Å². The summed E-state index contributed by atoms with van der Waals surface area (Å²) < 4.78 is 6.02. The van der Waals surface area contributed by atoms with Gasteiger partial charge in [-0.15, -0.1) is 0 Å². The maximum Gasteiger partial charge on any atom is 0.217 e. The molecule has 25 heavy (non-hydrogen) atoms. The number of nitrogens with one attached hydrogen (secondary N) is 1. The molecule has 2 heterocycles. The Bertz CT molecular complexity index is 521. The number of hydrogen-bond donors (Lipinski definition) is 1. The Morgan fingerprint density at radius 2 is 2.00 bits per heavy atom. The molecule has 3 rings (SSSR count). The molecule has 1 amide bonds. The number of rotatable bonds is 6. The average Bonchev–Trinajstić information content (AvgIpc) is 2.63. The molecule has 1 aliphatic heterocycles. The third-order valence-electron chi connectivity index (χ3n) is 5.58. The fourth-order valence-corrected chi connectivity index (χ4v) is 4.11. The molecule has 0 spiro atoms. The van der Waals surface area contributed by atoms with Crippen molar-refractivity contribution >= 4 is 5.91 Å². The second kappa shape index (κ2) is 9.18. The molecule has 1 aromatic heterocycles. The van der Waals surface area contributed by atoms with E-state index < -0.39 is 0 Å². The van der Waals surface area contributed by atoms with Crippen LogP contribution in [0.15, 0.2) is 24.5 Å². The minimum Gasteiger partial charge on any atom is -0.489 e. The zero-order valence-corrected chi connectivity index (χ0v) is 15.3. The Morgan fingerprint density at radius 1 is 1.24 bits per heavy atom. The summed E-state index contributed by atoms with van der Waals surface area (Å²) in [6.45, 7) is 5.08. The number of pyridine rings is 1. The van der Waals surface area contributed by atoms with E-state index in [0.29, 0.717) is 12.1 Å². The van der Waals surface area contributed by atoms with Gasteiger partial charge >= 0.3 is 0 Å². The Balaban J connectivity index is 1.30. The second-order valence-corrected chi connectivity index (χ2v) is 7.55. The van der Waals surface area contributed by atoms with Crippen LogP contribution >= 0.6 is 0 Å². The molecule has 138 valence electrons. The van der Waals surface area contributed by atoms with Crippen LogP contribution in [0.4, 0.5) is 0 Å². The minimum atomic E-state index is 0.111. The standard InChI is InChI=1S/C20H31N3O2/c1-16(24)22-18-6-4-17(5-7-18)8-12-23-13-9-19(10-14-23)25-20-3-2-11-21-15-20/h2-3,11,15,17-19H,4-10,12-14H2,1H3,(H,22,24). The normalized spacial score (nSPS) is 25.5. The van der Waals surface area contributed by atoms with E-state index in [0.717, 1.165) is 50.4 Å². The molecule has 1 aromatic rings. The number of carbonyl (C=O) groups excluding carboxylic acids is 1. The van der Waals surface area contributed by atoms with Gasteiger partial charge in [-0.25, -0.2) is 0 Å². The highest BCUT2D eigenvalue weighted by atomic mass is 16.5. The summed E-state index contributed by atoms with van der Waals surface area (Å²) in [5.41, 5.74) is 0. The number of hydrogen-bond acceptors (Lipinski definition) is 4. The number of amides is 1. The van der Waals surface area contributed by atoms with Crippen LogP contribution in [0.3, 0.4) is 0 Å². The zero-order chi connectivity index (χ0) is 17.5. The summed E-state index contributed by atoms with van der Waals surface area (Å²) in [5, 5.41) is 3.06. The van der Waals surface area contributed by atoms with Gasteiger partial charge in [0, 0.05) is 32.3 Å². The predicted molar refractivity (Wildman–Crippen MR) is 98.5 cm³/mol. The van der Waals surface area contributed by atoms with E-state index in [1.54, 1.807) is 19.3 Å². The van der Waals surface area contributed by atoms with Gasteiger partial charge in [0.15, 0.2) is 0 Å². The highest BCUT2D eigenvalue weighted by Gasteiger charge is 2.24. The van der Waals surface area contributed by atoms with E-state index in [-0.39, 0.29) is 5.91 Å². The topological polar surface area (TPSA) is 54.5 Å². The summed E-state index contributed by atoms with van der Waals surface area (Å²) in [6.07, 6.45) is 12.2. The van der Waals surface area contributed by atoms with Gasteiger partial charge < -0.3 is 15.0 Å². The lowest BCUT2D eigenvalue weighted by molar-refractivity contribution is -0.119. The molecule has 2 fully saturated rings. The molecular formula is C20H31N3O2. The predicted octanol–water partition coefficient (Wildman–Crippen LogP) is 3.01. The summed E-state index contributed by atoms with van der Waals surface area (Å²) in [5.74, 6) is 1.83. The Labute approximate surface area is 151 Å². The van der Waals surface area contributed by atoms with Crippen molar-refractivity contribution in [2.45, 2.75) is 64.0 Å². The van der Waals surface area contributed by atoms with Crippen molar-refractivity contribution in [2.24, 2.45) is 5.92 Å². The first-order valence-electron chi connectivity index (χ1n) is 9.75. The largest absolute Gasteiger partial charge is 0.489 e. The highest BCUT2D eigenvalue weighted by Crippen LogP contribution is 2.27. The van der Waals surface area contributed by atoms with Gasteiger partial charge in [0.05, 0.1) is 6.20 Å². The molecule has 1 N–H and O–H groups in total. The van der Waals surface area contributed by atoms with E-state index >= 15 is 0 Å². The van der Waals surface area contributed by atoms with Crippen molar-refractivity contribution in [2.75, 3.05) is 19.6 Å². The molecule has 1 saturated carbocycles. The van der Waals surface area contributed by atoms with Crippen molar-refractivity contribution in [3.8, 4) is 5.75 Å². The fraction of sp³-hybridized carbons (Fsp3) is 0.700. The highest BCUT2D eigenvalue weighted by molar-refractivity contribution is 5.73. The van der Waals surface area contributed by atoms with Crippen LogP contribution in [0.5, 0.6) is 5.75 Å². The van der Waals surface area contributed by atoms with Crippen molar-refractivity contribution in [3.63, 3.8) is 0 Å². The van der Waals surface area contributed by atoms with E-state index in [2.05, 4.69) is 15.2 Å². The van der Waals surface area contributed by atoms with Crippen molar-refractivity contribution in [3.05, 3.63) is 24.5 Å². The first kappa shape index (κ1) is 18.2. The van der Waals surface area contributed by atoms with Gasteiger partial charge in [-0.05, 0) is 69.5 Å². The number of nitrogens with zero attached hydrogens (tertiary/aromatic N) is 2. The Kier molecular flexibility index (Phi) is 6.68. The number of piperidine rings is 1. The van der Waals surface area contributed by atoms with Gasteiger partial charge in [0.1, 0.15) is 11.9 Å². The zero-order valence-electron chi connectivity index (χ0n) is 15.3. The summed E-state index contributed by atoms with van der Waals surface area (Å²) in [6, 6.07) is 4.32. The molecule has 0 bridgehead atoms. The average molecular weight is 345 g/mol. The molecule has 0 atom stereocenters. The number of ether oxygens (including phenoxy) is 1. The van der Waals surface area contributed by atoms with Crippen molar-refractivity contribution in [1.29, 1.82) is 0 Å². The number of aromatic nitrogens is 1. The van der Waals surface area contributed by atoms with E-state index in [9.17, 15) is 4.79 Å². The van der Waals surface area contributed by atoms with Crippen LogP contribution in [0.1, 0.15) is 51.9 Å². The molecule has 0 aromatic carbocycles. The summed E-state index contributed by atoms with van der Waals surface area (Å²) in [4.78, 5) is 17.8. The Hall–Kier alpha value is -1.62. The van der Waals surface area contributed by atoms with Gasteiger partial charge in [-0.1, -0.05) is 0 Å².